The molecule has 0 spiro atoms. The molecule has 0 aromatic heterocycles. The number of hydrazine groups is 2. The molecular formula is C11H23N3O. The lowest BCUT2D eigenvalue weighted by Gasteiger charge is -2.44. The van der Waals surface area contributed by atoms with E-state index >= 15 is 0 Å². The Kier molecular flexibility index (Phi) is 3.97. The molecule has 0 N–H and O–H groups in total. The number of hydrogen-bond donors (Lipinski definition) is 0. The third kappa shape index (κ3) is 2.69. The summed E-state index contributed by atoms with van der Waals surface area (Å²) < 4.78 is 5.41. The summed E-state index contributed by atoms with van der Waals surface area (Å²) in [5.74, 6) is 0. The molecule has 88 valence electrons. The maximum Gasteiger partial charge on any atom is 0.0608 e. The predicted octanol–water partition coefficient (Wildman–Crippen LogP) is 0.955. The molecule has 2 saturated heterocycles. The Morgan fingerprint density at radius 3 is 2.00 bits per heavy atom. The highest BCUT2D eigenvalue weighted by Gasteiger charge is 2.28. The molecule has 0 aromatic rings. The van der Waals surface area contributed by atoms with Gasteiger partial charge in [0.15, 0.2) is 0 Å². The van der Waals surface area contributed by atoms with E-state index in [9.17, 15) is 0 Å². The summed E-state index contributed by atoms with van der Waals surface area (Å²) in [6, 6.07) is 0.557. The van der Waals surface area contributed by atoms with Crippen molar-refractivity contribution in [3.05, 3.63) is 0 Å². The van der Waals surface area contributed by atoms with Crippen molar-refractivity contribution in [3.63, 3.8) is 0 Å². The quantitative estimate of drug-likeness (QED) is 0.695. The molecule has 0 radical (unpaired) electrons. The molecule has 2 rings (SSSR count). The minimum atomic E-state index is 0.557. The van der Waals surface area contributed by atoms with Gasteiger partial charge in [0.25, 0.3) is 0 Å². The molecule has 2 fully saturated rings. The maximum absolute atomic E-state index is 5.41. The summed E-state index contributed by atoms with van der Waals surface area (Å²) in [5, 5.41) is 7.39. The average molecular weight is 213 g/mol. The lowest BCUT2D eigenvalue weighted by molar-refractivity contribution is -0.218. The van der Waals surface area contributed by atoms with Gasteiger partial charge in [0, 0.05) is 32.2 Å². The lowest BCUT2D eigenvalue weighted by Crippen LogP contribution is -2.58. The molecule has 0 unspecified atom stereocenters. The smallest absolute Gasteiger partial charge is 0.0608 e. The van der Waals surface area contributed by atoms with Crippen LogP contribution in [0.5, 0.6) is 0 Å². The van der Waals surface area contributed by atoms with E-state index < -0.39 is 0 Å². The van der Waals surface area contributed by atoms with E-state index in [2.05, 4.69) is 29.0 Å². The molecule has 2 aliphatic heterocycles. The van der Waals surface area contributed by atoms with Crippen molar-refractivity contribution in [2.75, 3.05) is 39.4 Å². The highest BCUT2D eigenvalue weighted by molar-refractivity contribution is 4.69. The monoisotopic (exact) mass is 213 g/mol. The molecule has 2 heterocycles. The van der Waals surface area contributed by atoms with Gasteiger partial charge in [0.1, 0.15) is 0 Å². The number of hydrogen-bond acceptors (Lipinski definition) is 4. The van der Waals surface area contributed by atoms with Crippen molar-refractivity contribution in [1.29, 1.82) is 0 Å². The summed E-state index contributed by atoms with van der Waals surface area (Å²) in [6.07, 6.45) is 2.68. The standard InChI is InChI=1S/C11H23N3O/c1-11(2)14(12-5-3-4-6-12)13-7-9-15-10-8-13/h11H,3-10H2,1-2H3. The highest BCUT2D eigenvalue weighted by Crippen LogP contribution is 2.17. The summed E-state index contributed by atoms with van der Waals surface area (Å²) in [5.41, 5.74) is 0. The molecular weight excluding hydrogens is 190 g/mol. The first-order valence-corrected chi connectivity index (χ1v) is 6.16. The molecule has 0 saturated carbocycles. The van der Waals surface area contributed by atoms with Gasteiger partial charge in [0.05, 0.1) is 13.2 Å². The second-order valence-electron chi connectivity index (χ2n) is 4.64. The molecule has 15 heavy (non-hydrogen) atoms. The third-order valence-electron chi connectivity index (χ3n) is 3.11. The van der Waals surface area contributed by atoms with Gasteiger partial charge in [-0.15, -0.1) is 0 Å². The minimum Gasteiger partial charge on any atom is -0.379 e. The predicted molar refractivity (Wildman–Crippen MR) is 60.2 cm³/mol. The second kappa shape index (κ2) is 5.25. The Bertz CT molecular complexity index is 186. The molecule has 0 amide bonds. The average Bonchev–Trinajstić information content (AvgIpc) is 2.72. The number of rotatable bonds is 3. The van der Waals surface area contributed by atoms with Crippen LogP contribution in [0, 0.1) is 0 Å². The SMILES string of the molecule is CC(C)N(N1CCCC1)N1CCOCC1. The highest BCUT2D eigenvalue weighted by atomic mass is 16.5. The van der Waals surface area contributed by atoms with E-state index in [4.69, 9.17) is 4.74 Å². The van der Waals surface area contributed by atoms with Crippen molar-refractivity contribution in [2.45, 2.75) is 32.7 Å². The zero-order valence-electron chi connectivity index (χ0n) is 9.98. The topological polar surface area (TPSA) is 19.0 Å². The zero-order valence-corrected chi connectivity index (χ0v) is 9.98. The van der Waals surface area contributed by atoms with E-state index in [0.717, 1.165) is 26.3 Å². The molecule has 4 heteroatoms. The lowest BCUT2D eigenvalue weighted by atomic mass is 10.4. The van der Waals surface area contributed by atoms with Crippen LogP contribution in [0.4, 0.5) is 0 Å². The van der Waals surface area contributed by atoms with Crippen LogP contribution < -0.4 is 0 Å². The van der Waals surface area contributed by atoms with Gasteiger partial charge < -0.3 is 4.74 Å². The molecule has 0 aromatic carbocycles. The van der Waals surface area contributed by atoms with Crippen LogP contribution in [-0.4, -0.2) is 60.6 Å². The van der Waals surface area contributed by atoms with Crippen molar-refractivity contribution in [3.8, 4) is 0 Å². The van der Waals surface area contributed by atoms with Crippen LogP contribution in [0.25, 0.3) is 0 Å². The third-order valence-corrected chi connectivity index (χ3v) is 3.11. The van der Waals surface area contributed by atoms with Gasteiger partial charge in [0.2, 0.25) is 0 Å². The van der Waals surface area contributed by atoms with Crippen molar-refractivity contribution >= 4 is 0 Å². The van der Waals surface area contributed by atoms with E-state index in [0.29, 0.717) is 6.04 Å². The van der Waals surface area contributed by atoms with Gasteiger partial charge in [-0.2, -0.15) is 5.12 Å². The Morgan fingerprint density at radius 2 is 1.47 bits per heavy atom. The molecule has 0 atom stereocenters. The van der Waals surface area contributed by atoms with E-state index in [1.807, 2.05) is 0 Å². The van der Waals surface area contributed by atoms with E-state index in [1.165, 1.54) is 25.9 Å². The zero-order chi connectivity index (χ0) is 10.7. The Morgan fingerprint density at radius 1 is 0.933 bits per heavy atom. The molecule has 2 aliphatic rings. The second-order valence-corrected chi connectivity index (χ2v) is 4.64. The first-order chi connectivity index (χ1) is 7.29. The number of morpholine rings is 1. The fourth-order valence-electron chi connectivity index (χ4n) is 2.50. The Labute approximate surface area is 92.7 Å². The van der Waals surface area contributed by atoms with Crippen LogP contribution in [0.1, 0.15) is 26.7 Å². The Balaban J connectivity index is 1.97. The molecule has 0 bridgehead atoms. The van der Waals surface area contributed by atoms with Crippen molar-refractivity contribution in [1.82, 2.24) is 15.1 Å². The van der Waals surface area contributed by atoms with Crippen LogP contribution in [-0.2, 0) is 4.74 Å². The van der Waals surface area contributed by atoms with Gasteiger partial charge in [-0.05, 0) is 26.7 Å². The first-order valence-electron chi connectivity index (χ1n) is 6.16. The summed E-state index contributed by atoms with van der Waals surface area (Å²) in [6.45, 7) is 10.8. The fraction of sp³-hybridized carbons (Fsp3) is 1.00. The number of ether oxygens (including phenoxy) is 1. The summed E-state index contributed by atoms with van der Waals surface area (Å²) >= 11 is 0. The van der Waals surface area contributed by atoms with Crippen LogP contribution >= 0.6 is 0 Å². The van der Waals surface area contributed by atoms with Gasteiger partial charge >= 0.3 is 0 Å². The van der Waals surface area contributed by atoms with Crippen LogP contribution in [0.2, 0.25) is 0 Å². The van der Waals surface area contributed by atoms with E-state index in [-0.39, 0.29) is 0 Å². The van der Waals surface area contributed by atoms with Crippen LogP contribution in [0.3, 0.4) is 0 Å². The first kappa shape index (κ1) is 11.3. The molecule has 0 aliphatic carbocycles. The Hall–Kier alpha value is -0.160. The van der Waals surface area contributed by atoms with Gasteiger partial charge in [-0.25, -0.2) is 10.0 Å². The van der Waals surface area contributed by atoms with Gasteiger partial charge in [-0.3, -0.25) is 0 Å². The maximum atomic E-state index is 5.41. The van der Waals surface area contributed by atoms with Crippen molar-refractivity contribution in [2.24, 2.45) is 0 Å². The number of nitrogens with zero attached hydrogens (tertiary/aromatic N) is 3. The van der Waals surface area contributed by atoms with Crippen LogP contribution in [0.15, 0.2) is 0 Å². The van der Waals surface area contributed by atoms with Crippen molar-refractivity contribution < 1.29 is 4.74 Å². The summed E-state index contributed by atoms with van der Waals surface area (Å²) in [4.78, 5) is 0. The van der Waals surface area contributed by atoms with Gasteiger partial charge in [-0.1, -0.05) is 0 Å². The largest absolute Gasteiger partial charge is 0.379 e. The van der Waals surface area contributed by atoms with E-state index in [1.54, 1.807) is 0 Å². The minimum absolute atomic E-state index is 0.557. The summed E-state index contributed by atoms with van der Waals surface area (Å²) in [7, 11) is 0. The normalized spacial score (nSPS) is 25.6. The molecule has 4 nitrogen and oxygen atoms in total. The fourth-order valence-corrected chi connectivity index (χ4v) is 2.50.